The van der Waals surface area contributed by atoms with Gasteiger partial charge in [0.15, 0.2) is 0 Å². The van der Waals surface area contributed by atoms with E-state index in [1.807, 2.05) is 72.9 Å². The van der Waals surface area contributed by atoms with Crippen molar-refractivity contribution in [3.8, 4) is 0 Å². The Hall–Kier alpha value is -3.39. The van der Waals surface area contributed by atoms with Gasteiger partial charge in [-0.1, -0.05) is 97.6 Å². The molecule has 0 spiro atoms. The first kappa shape index (κ1) is 17.4. The highest BCUT2D eigenvalue weighted by Gasteiger charge is 2.12. The summed E-state index contributed by atoms with van der Waals surface area (Å²) in [5.74, 6) is -0.127. The lowest BCUT2D eigenvalue weighted by Crippen LogP contribution is -2.23. The fourth-order valence-electron chi connectivity index (χ4n) is 2.79. The zero-order valence-electron chi connectivity index (χ0n) is 14.6. The van der Waals surface area contributed by atoms with Gasteiger partial charge in [-0.15, -0.1) is 0 Å². The summed E-state index contributed by atoms with van der Waals surface area (Å²) in [6.45, 7) is 4.15. The Balaban J connectivity index is 2.05. The van der Waals surface area contributed by atoms with Crippen LogP contribution in [0, 0.1) is 0 Å². The van der Waals surface area contributed by atoms with Crippen LogP contribution in [0.25, 0.3) is 5.57 Å². The molecule has 3 rings (SSSR count). The second-order valence-corrected chi connectivity index (χ2v) is 5.93. The average molecular weight is 339 g/mol. The molecular formula is C24H21NO. The van der Waals surface area contributed by atoms with Gasteiger partial charge in [0.1, 0.15) is 0 Å². The van der Waals surface area contributed by atoms with Crippen LogP contribution in [-0.4, -0.2) is 10.8 Å². The van der Waals surface area contributed by atoms with Crippen molar-refractivity contribution >= 4 is 11.5 Å². The molecule has 2 heteroatoms. The predicted octanol–water partition coefficient (Wildman–Crippen LogP) is 5.29. The normalized spacial score (nSPS) is 10.0. The maximum Gasteiger partial charge on any atom is 0.250 e. The Bertz CT molecular complexity index is 842. The Morgan fingerprint density at radius 1 is 0.769 bits per heavy atom. The van der Waals surface area contributed by atoms with Gasteiger partial charge in [0.25, 0.3) is 0 Å². The lowest BCUT2D eigenvalue weighted by atomic mass is 9.98. The van der Waals surface area contributed by atoms with Crippen LogP contribution in [-0.2, 0) is 11.3 Å². The summed E-state index contributed by atoms with van der Waals surface area (Å²) in [7, 11) is 0. The van der Waals surface area contributed by atoms with Crippen LogP contribution in [0.1, 0.15) is 16.7 Å². The molecule has 3 aromatic rings. The van der Waals surface area contributed by atoms with Crippen LogP contribution in [0.2, 0.25) is 0 Å². The second-order valence-electron chi connectivity index (χ2n) is 5.93. The summed E-state index contributed by atoms with van der Waals surface area (Å²) in [6.07, 6.45) is 3.27. The molecule has 128 valence electrons. The van der Waals surface area contributed by atoms with Crippen molar-refractivity contribution in [1.82, 2.24) is 4.90 Å². The first-order valence-corrected chi connectivity index (χ1v) is 8.57. The minimum absolute atomic E-state index is 0.127. The molecule has 0 unspecified atom stereocenters. The molecule has 0 radical (unpaired) electrons. The van der Waals surface area contributed by atoms with Gasteiger partial charge in [-0.3, -0.25) is 4.79 Å². The third kappa shape index (κ3) is 4.37. The average Bonchev–Trinajstić information content (AvgIpc) is 2.72. The van der Waals surface area contributed by atoms with Crippen molar-refractivity contribution in [2.24, 2.45) is 0 Å². The van der Waals surface area contributed by atoms with Crippen molar-refractivity contribution in [3.63, 3.8) is 0 Å². The zero-order chi connectivity index (χ0) is 18.2. The van der Waals surface area contributed by atoms with Crippen molar-refractivity contribution in [3.05, 3.63) is 127 Å². The summed E-state index contributed by atoms with van der Waals surface area (Å²) in [6, 6.07) is 30.2. The van der Waals surface area contributed by atoms with E-state index in [0.29, 0.717) is 6.54 Å². The van der Waals surface area contributed by atoms with Crippen molar-refractivity contribution < 1.29 is 4.79 Å². The number of nitrogens with zero attached hydrogens (tertiary/aromatic N) is 1. The van der Waals surface area contributed by atoms with Crippen molar-refractivity contribution in [2.75, 3.05) is 0 Å². The minimum atomic E-state index is -0.127. The van der Waals surface area contributed by atoms with Crippen LogP contribution < -0.4 is 0 Å². The van der Waals surface area contributed by atoms with Gasteiger partial charge < -0.3 is 4.90 Å². The van der Waals surface area contributed by atoms with E-state index in [9.17, 15) is 4.79 Å². The Morgan fingerprint density at radius 3 is 1.69 bits per heavy atom. The van der Waals surface area contributed by atoms with Gasteiger partial charge in [-0.25, -0.2) is 0 Å². The maximum absolute atomic E-state index is 12.5. The Labute approximate surface area is 154 Å². The number of amides is 1. The van der Waals surface area contributed by atoms with E-state index in [0.717, 1.165) is 22.3 Å². The minimum Gasteiger partial charge on any atom is -0.310 e. The van der Waals surface area contributed by atoms with E-state index in [4.69, 9.17) is 0 Å². The molecule has 0 aromatic heterocycles. The topological polar surface area (TPSA) is 20.3 Å². The molecule has 0 N–H and O–H groups in total. The lowest BCUT2D eigenvalue weighted by molar-refractivity contribution is -0.124. The zero-order valence-corrected chi connectivity index (χ0v) is 14.6. The molecule has 3 aromatic carbocycles. The number of hydrogen-bond acceptors (Lipinski definition) is 1. The number of carbonyl (C=O) groups excluding carboxylic acids is 1. The summed E-state index contributed by atoms with van der Waals surface area (Å²) >= 11 is 0. The van der Waals surface area contributed by atoms with Crippen molar-refractivity contribution in [1.29, 1.82) is 0 Å². The van der Waals surface area contributed by atoms with Gasteiger partial charge >= 0.3 is 0 Å². The summed E-state index contributed by atoms with van der Waals surface area (Å²) in [4.78, 5) is 14.2. The highest BCUT2D eigenvalue weighted by molar-refractivity contribution is 5.90. The first-order chi connectivity index (χ1) is 12.8. The van der Waals surface area contributed by atoms with Crippen LogP contribution in [0.15, 0.2) is 110 Å². The SMILES string of the molecule is C=CC(=O)N(C=C(c1ccccc1)c1ccccc1)Cc1ccccc1. The molecule has 0 aliphatic carbocycles. The number of benzene rings is 3. The molecule has 0 bridgehead atoms. The van der Waals surface area contributed by atoms with Gasteiger partial charge in [-0.05, 0) is 22.8 Å². The summed E-state index contributed by atoms with van der Waals surface area (Å²) < 4.78 is 0. The largest absolute Gasteiger partial charge is 0.310 e. The molecule has 1 amide bonds. The first-order valence-electron chi connectivity index (χ1n) is 8.57. The highest BCUT2D eigenvalue weighted by atomic mass is 16.2. The standard InChI is InChI=1S/C24H21NO/c1-2-24(26)25(18-20-12-6-3-7-13-20)19-23(21-14-8-4-9-15-21)22-16-10-5-11-17-22/h2-17,19H,1,18H2. The van der Waals surface area contributed by atoms with Crippen molar-refractivity contribution in [2.45, 2.75) is 6.54 Å². The van der Waals surface area contributed by atoms with E-state index in [1.165, 1.54) is 6.08 Å². The maximum atomic E-state index is 12.5. The Morgan fingerprint density at radius 2 is 1.23 bits per heavy atom. The van der Waals surface area contributed by atoms with Gasteiger partial charge in [0, 0.05) is 11.8 Å². The molecule has 26 heavy (non-hydrogen) atoms. The number of carbonyl (C=O) groups is 1. The molecule has 0 saturated carbocycles. The molecule has 0 aliphatic rings. The summed E-state index contributed by atoms with van der Waals surface area (Å²) in [5, 5.41) is 0. The monoisotopic (exact) mass is 339 g/mol. The molecule has 0 saturated heterocycles. The van der Waals surface area contributed by atoms with Crippen LogP contribution >= 0.6 is 0 Å². The molecule has 2 nitrogen and oxygen atoms in total. The summed E-state index contributed by atoms with van der Waals surface area (Å²) in [5.41, 5.74) is 4.19. The fraction of sp³-hybridized carbons (Fsp3) is 0.0417. The van der Waals surface area contributed by atoms with Crippen LogP contribution in [0.4, 0.5) is 0 Å². The van der Waals surface area contributed by atoms with Gasteiger partial charge in [0.2, 0.25) is 5.91 Å². The third-order valence-corrected chi connectivity index (χ3v) is 4.11. The van der Waals surface area contributed by atoms with E-state index in [-0.39, 0.29) is 5.91 Å². The third-order valence-electron chi connectivity index (χ3n) is 4.11. The Kier molecular flexibility index (Phi) is 5.79. The van der Waals surface area contributed by atoms with Crippen LogP contribution in [0.3, 0.4) is 0 Å². The lowest BCUT2D eigenvalue weighted by Gasteiger charge is -2.20. The van der Waals surface area contributed by atoms with Crippen LogP contribution in [0.5, 0.6) is 0 Å². The number of hydrogen-bond donors (Lipinski definition) is 0. The molecule has 0 fully saturated rings. The highest BCUT2D eigenvalue weighted by Crippen LogP contribution is 2.24. The smallest absolute Gasteiger partial charge is 0.250 e. The predicted molar refractivity (Wildman–Crippen MR) is 107 cm³/mol. The fourth-order valence-corrected chi connectivity index (χ4v) is 2.79. The molecule has 0 heterocycles. The van der Waals surface area contributed by atoms with Gasteiger partial charge in [0.05, 0.1) is 6.54 Å². The van der Waals surface area contributed by atoms with E-state index < -0.39 is 0 Å². The second kappa shape index (κ2) is 8.63. The molecular weight excluding hydrogens is 318 g/mol. The molecule has 0 aliphatic heterocycles. The quantitative estimate of drug-likeness (QED) is 0.559. The van der Waals surface area contributed by atoms with Gasteiger partial charge in [-0.2, -0.15) is 0 Å². The van der Waals surface area contributed by atoms with E-state index >= 15 is 0 Å². The van der Waals surface area contributed by atoms with E-state index in [1.54, 1.807) is 4.90 Å². The number of rotatable bonds is 6. The molecule has 0 atom stereocenters. The van der Waals surface area contributed by atoms with E-state index in [2.05, 4.69) is 30.8 Å².